The van der Waals surface area contributed by atoms with Crippen molar-refractivity contribution >= 4 is 16.0 Å². The van der Waals surface area contributed by atoms with Crippen LogP contribution in [0.4, 0.5) is 5.95 Å². The summed E-state index contributed by atoms with van der Waals surface area (Å²) in [6.45, 7) is 3.72. The highest BCUT2D eigenvalue weighted by atomic mass is 32.2. The van der Waals surface area contributed by atoms with Crippen molar-refractivity contribution in [2.24, 2.45) is 0 Å². The highest BCUT2D eigenvalue weighted by Gasteiger charge is 2.19. The molecule has 0 amide bonds. The molecule has 0 aliphatic carbocycles. The Morgan fingerprint density at radius 1 is 1.12 bits per heavy atom. The minimum Gasteiger partial charge on any atom is -0.467 e. The van der Waals surface area contributed by atoms with Crippen molar-refractivity contribution in [3.05, 3.63) is 41.2 Å². The van der Waals surface area contributed by atoms with Crippen LogP contribution in [-0.4, -0.2) is 43.6 Å². The van der Waals surface area contributed by atoms with Crippen LogP contribution < -0.4 is 14.4 Å². The van der Waals surface area contributed by atoms with E-state index in [9.17, 15) is 8.42 Å². The highest BCUT2D eigenvalue weighted by molar-refractivity contribution is 7.88. The Balaban J connectivity index is 1.69. The largest absolute Gasteiger partial charge is 0.467 e. The molecule has 0 bridgehead atoms. The third-order valence-corrected chi connectivity index (χ3v) is 5.45. The van der Waals surface area contributed by atoms with Gasteiger partial charge in [0.05, 0.1) is 19.4 Å². The Labute approximate surface area is 153 Å². The van der Waals surface area contributed by atoms with Crippen LogP contribution in [0.5, 0.6) is 6.01 Å². The number of methoxy groups -OCH3 is 1. The number of hydrogen-bond donors (Lipinski definition) is 1. The van der Waals surface area contributed by atoms with E-state index in [1.807, 2.05) is 31.2 Å². The summed E-state index contributed by atoms with van der Waals surface area (Å²) in [4.78, 5) is 14.8. The van der Waals surface area contributed by atoms with Gasteiger partial charge in [-0.25, -0.2) is 13.1 Å². The average molecular weight is 377 g/mol. The maximum absolute atomic E-state index is 12.3. The molecule has 9 heteroatoms. The highest BCUT2D eigenvalue weighted by Crippen LogP contribution is 2.18. The molecule has 1 saturated heterocycles. The van der Waals surface area contributed by atoms with Crippen molar-refractivity contribution in [2.45, 2.75) is 32.1 Å². The first-order chi connectivity index (χ1) is 12.4. The lowest BCUT2D eigenvalue weighted by Crippen LogP contribution is -2.27. The molecule has 8 nitrogen and oxygen atoms in total. The van der Waals surface area contributed by atoms with Gasteiger partial charge in [0.25, 0.3) is 0 Å². The summed E-state index contributed by atoms with van der Waals surface area (Å²) in [5.74, 6) is 0.780. The molecule has 0 spiro atoms. The number of rotatable bonds is 7. The van der Waals surface area contributed by atoms with E-state index in [1.54, 1.807) is 0 Å². The fraction of sp³-hybridized carbons (Fsp3) is 0.471. The number of benzene rings is 1. The summed E-state index contributed by atoms with van der Waals surface area (Å²) in [5.41, 5.74) is 1.82. The van der Waals surface area contributed by atoms with Gasteiger partial charge in [-0.3, -0.25) is 0 Å². The van der Waals surface area contributed by atoms with Crippen molar-refractivity contribution < 1.29 is 13.2 Å². The number of aryl methyl sites for hydroxylation is 1. The number of anilines is 1. The maximum Gasteiger partial charge on any atom is 0.321 e. The number of sulfonamides is 1. The third-order valence-electron chi connectivity index (χ3n) is 4.15. The molecule has 1 N–H and O–H groups in total. The maximum atomic E-state index is 12.3. The Hall–Kier alpha value is -2.26. The van der Waals surface area contributed by atoms with Gasteiger partial charge in [0.2, 0.25) is 16.0 Å². The molecule has 2 aromatic rings. The summed E-state index contributed by atoms with van der Waals surface area (Å²) in [7, 11) is -2.02. The van der Waals surface area contributed by atoms with Gasteiger partial charge in [-0.05, 0) is 25.3 Å². The van der Waals surface area contributed by atoms with Gasteiger partial charge < -0.3 is 9.64 Å². The zero-order valence-electron chi connectivity index (χ0n) is 15.0. The zero-order valence-corrected chi connectivity index (χ0v) is 15.8. The van der Waals surface area contributed by atoms with Crippen LogP contribution in [0.1, 0.15) is 29.8 Å². The first-order valence-electron chi connectivity index (χ1n) is 8.52. The van der Waals surface area contributed by atoms with E-state index >= 15 is 0 Å². The minimum absolute atomic E-state index is 0.00604. The van der Waals surface area contributed by atoms with Gasteiger partial charge in [0, 0.05) is 13.1 Å². The fourth-order valence-corrected chi connectivity index (χ4v) is 3.83. The number of aromatic nitrogens is 3. The van der Waals surface area contributed by atoms with Crippen LogP contribution in [0.25, 0.3) is 0 Å². The van der Waals surface area contributed by atoms with E-state index in [0.29, 0.717) is 11.8 Å². The Kier molecular flexibility index (Phi) is 5.67. The molecule has 0 atom stereocenters. The van der Waals surface area contributed by atoms with Gasteiger partial charge in [-0.1, -0.05) is 29.8 Å². The number of ether oxygens (including phenoxy) is 1. The van der Waals surface area contributed by atoms with Crippen molar-refractivity contribution in [3.63, 3.8) is 0 Å². The second-order valence-corrected chi connectivity index (χ2v) is 8.11. The van der Waals surface area contributed by atoms with Crippen molar-refractivity contribution in [1.82, 2.24) is 19.7 Å². The van der Waals surface area contributed by atoms with E-state index in [1.165, 1.54) is 7.11 Å². The van der Waals surface area contributed by atoms with Crippen LogP contribution in [0, 0.1) is 6.92 Å². The van der Waals surface area contributed by atoms with Crippen molar-refractivity contribution in [2.75, 3.05) is 25.1 Å². The molecule has 1 aromatic heterocycles. The van der Waals surface area contributed by atoms with Gasteiger partial charge in [0.1, 0.15) is 0 Å². The molecular formula is C17H23N5O3S. The molecule has 26 heavy (non-hydrogen) atoms. The molecule has 0 radical (unpaired) electrons. The second-order valence-electron chi connectivity index (χ2n) is 6.30. The lowest BCUT2D eigenvalue weighted by atomic mass is 10.2. The molecule has 3 rings (SSSR count). The zero-order chi connectivity index (χ0) is 18.6. The topological polar surface area (TPSA) is 97.3 Å². The monoisotopic (exact) mass is 377 g/mol. The fourth-order valence-electron chi connectivity index (χ4n) is 2.74. The van der Waals surface area contributed by atoms with Crippen LogP contribution >= 0.6 is 0 Å². The normalized spacial score (nSPS) is 14.6. The van der Waals surface area contributed by atoms with Gasteiger partial charge in [0.15, 0.2) is 5.82 Å². The van der Waals surface area contributed by atoms with Gasteiger partial charge >= 0.3 is 6.01 Å². The van der Waals surface area contributed by atoms with Crippen LogP contribution in [0.3, 0.4) is 0 Å². The molecule has 0 unspecified atom stereocenters. The lowest BCUT2D eigenvalue weighted by Gasteiger charge is -2.16. The number of hydrogen-bond acceptors (Lipinski definition) is 7. The molecule has 1 aromatic carbocycles. The number of nitrogens with zero attached hydrogens (tertiary/aromatic N) is 4. The Bertz CT molecular complexity index is 849. The molecule has 2 heterocycles. The lowest BCUT2D eigenvalue weighted by molar-refractivity contribution is 0.375. The molecule has 0 saturated carbocycles. The predicted molar refractivity (Wildman–Crippen MR) is 98.5 cm³/mol. The quantitative estimate of drug-likeness (QED) is 0.779. The van der Waals surface area contributed by atoms with E-state index in [2.05, 4.69) is 24.6 Å². The smallest absolute Gasteiger partial charge is 0.321 e. The molecular weight excluding hydrogens is 354 g/mol. The Morgan fingerprint density at radius 2 is 1.81 bits per heavy atom. The Morgan fingerprint density at radius 3 is 2.46 bits per heavy atom. The van der Waals surface area contributed by atoms with E-state index in [0.717, 1.165) is 37.1 Å². The van der Waals surface area contributed by atoms with Crippen LogP contribution in [-0.2, 0) is 22.3 Å². The van der Waals surface area contributed by atoms with Crippen LogP contribution in [0.2, 0.25) is 0 Å². The molecule has 1 aliphatic rings. The van der Waals surface area contributed by atoms with E-state index in [-0.39, 0.29) is 18.3 Å². The van der Waals surface area contributed by atoms with Crippen molar-refractivity contribution in [3.8, 4) is 6.01 Å². The minimum atomic E-state index is -3.50. The van der Waals surface area contributed by atoms with E-state index in [4.69, 9.17) is 4.74 Å². The summed E-state index contributed by atoms with van der Waals surface area (Å²) in [5, 5.41) is 0. The van der Waals surface area contributed by atoms with Crippen LogP contribution in [0.15, 0.2) is 24.3 Å². The summed E-state index contributed by atoms with van der Waals surface area (Å²) < 4.78 is 32.3. The van der Waals surface area contributed by atoms with Gasteiger partial charge in [-0.2, -0.15) is 15.0 Å². The van der Waals surface area contributed by atoms with Gasteiger partial charge in [-0.15, -0.1) is 0 Å². The SMILES string of the molecule is COc1nc(CNS(=O)(=O)Cc2ccc(C)cc2)nc(N2CCCC2)n1. The second kappa shape index (κ2) is 7.96. The third kappa shape index (κ3) is 4.89. The number of nitrogens with one attached hydrogen (secondary N) is 1. The summed E-state index contributed by atoms with van der Waals surface area (Å²) >= 11 is 0. The summed E-state index contributed by atoms with van der Waals surface area (Å²) in [6.07, 6.45) is 2.18. The molecule has 1 aliphatic heterocycles. The standard InChI is InChI=1S/C17H23N5O3S/c1-13-5-7-14(8-6-13)12-26(23,24)18-11-15-19-16(21-17(20-15)25-2)22-9-3-4-10-22/h5-8,18H,3-4,9-12H2,1-2H3. The van der Waals surface area contributed by atoms with Crippen molar-refractivity contribution in [1.29, 1.82) is 0 Å². The average Bonchev–Trinajstić information content (AvgIpc) is 3.16. The molecule has 140 valence electrons. The predicted octanol–water partition coefficient (Wildman–Crippen LogP) is 1.41. The van der Waals surface area contributed by atoms with E-state index < -0.39 is 10.0 Å². The molecule has 1 fully saturated rings. The first kappa shape index (κ1) is 18.5. The first-order valence-corrected chi connectivity index (χ1v) is 10.2. The summed E-state index contributed by atoms with van der Waals surface area (Å²) in [6, 6.07) is 7.60.